The van der Waals surface area contributed by atoms with Gasteiger partial charge in [0.2, 0.25) is 0 Å². The zero-order valence-electron chi connectivity index (χ0n) is 15.5. The number of hydrogen-bond donors (Lipinski definition) is 2. The first-order chi connectivity index (χ1) is 12.4. The molecule has 0 saturated carbocycles. The number of urea groups is 1. The summed E-state index contributed by atoms with van der Waals surface area (Å²) >= 11 is 0. The first-order valence-corrected chi connectivity index (χ1v) is 8.77. The van der Waals surface area contributed by atoms with Crippen molar-refractivity contribution in [3.63, 3.8) is 0 Å². The van der Waals surface area contributed by atoms with Crippen molar-refractivity contribution >= 4 is 18.7 Å². The Balaban J connectivity index is 0.00000196. The fourth-order valence-corrected chi connectivity index (χ4v) is 3.29. The SMILES string of the molecule is C=C/C=c1/oc([C@H](C)NC(=O)NC2CCc3nc(C)nn3C2)c(C)c1=C.[HH].[HH]. The number of carbonyl (C=O) groups is 1. The fraction of sp³-hybridized carbons (Fsp3) is 0.421. The van der Waals surface area contributed by atoms with Gasteiger partial charge >= 0.3 is 6.03 Å². The Labute approximate surface area is 155 Å². The third kappa shape index (κ3) is 3.56. The van der Waals surface area contributed by atoms with E-state index in [9.17, 15) is 4.79 Å². The number of aromatic nitrogens is 3. The molecule has 26 heavy (non-hydrogen) atoms. The van der Waals surface area contributed by atoms with Gasteiger partial charge in [-0.25, -0.2) is 14.5 Å². The molecule has 0 bridgehead atoms. The Morgan fingerprint density at radius 1 is 1.50 bits per heavy atom. The predicted molar refractivity (Wildman–Crippen MR) is 104 cm³/mol. The van der Waals surface area contributed by atoms with E-state index in [-0.39, 0.29) is 21.0 Å². The maximum atomic E-state index is 12.4. The van der Waals surface area contributed by atoms with E-state index in [0.717, 1.165) is 35.3 Å². The standard InChI is InChI=1S/C19H25N5O2.2H2/c1-6-7-16-11(2)12(3)18(26-16)13(4)20-19(25)22-15-8-9-17-21-14(5)23-24(17)10-15;;/h6-7,13,15H,1-2,8-10H2,3-5H3,(H2,20,22,25);2*1H/b16-7+;;/t13-,15?;;/m0../s1. The predicted octanol–water partition coefficient (Wildman–Crippen LogP) is 1.73. The summed E-state index contributed by atoms with van der Waals surface area (Å²) in [5.74, 6) is 2.45. The molecule has 0 spiro atoms. The molecule has 142 valence electrons. The number of hydrogen-bond acceptors (Lipinski definition) is 4. The van der Waals surface area contributed by atoms with Crippen LogP contribution in [0, 0.1) is 13.8 Å². The van der Waals surface area contributed by atoms with Crippen LogP contribution in [0.2, 0.25) is 0 Å². The number of fused-ring (bicyclic) bond motifs is 1. The molecule has 1 aliphatic heterocycles. The van der Waals surface area contributed by atoms with E-state index in [1.54, 1.807) is 12.2 Å². The van der Waals surface area contributed by atoms with Crippen LogP contribution in [0.1, 0.15) is 45.2 Å². The zero-order chi connectivity index (χ0) is 18.8. The molecule has 7 heteroatoms. The summed E-state index contributed by atoms with van der Waals surface area (Å²) in [6, 6.07) is -0.463. The van der Waals surface area contributed by atoms with Crippen molar-refractivity contribution in [3.05, 3.63) is 46.3 Å². The lowest BCUT2D eigenvalue weighted by molar-refractivity contribution is 0.227. The average molecular weight is 359 g/mol. The second-order valence-electron chi connectivity index (χ2n) is 6.67. The second-order valence-corrected chi connectivity index (χ2v) is 6.67. The van der Waals surface area contributed by atoms with Crippen LogP contribution in [0.25, 0.3) is 12.7 Å². The molecule has 0 fully saturated rings. The van der Waals surface area contributed by atoms with E-state index in [0.29, 0.717) is 17.7 Å². The molecule has 2 aromatic heterocycles. The Hall–Kier alpha value is -2.83. The number of allylic oxidation sites excluding steroid dienone is 1. The summed E-state index contributed by atoms with van der Waals surface area (Å²) < 4.78 is 7.70. The molecular formula is C19H29N5O2. The third-order valence-corrected chi connectivity index (χ3v) is 4.65. The highest BCUT2D eigenvalue weighted by molar-refractivity contribution is 5.74. The summed E-state index contributed by atoms with van der Waals surface area (Å²) in [4.78, 5) is 16.8. The highest BCUT2D eigenvalue weighted by Gasteiger charge is 2.23. The van der Waals surface area contributed by atoms with Crippen molar-refractivity contribution < 1.29 is 12.1 Å². The van der Waals surface area contributed by atoms with E-state index >= 15 is 0 Å². The first-order valence-electron chi connectivity index (χ1n) is 8.77. The molecule has 2 N–H and O–H groups in total. The smallest absolute Gasteiger partial charge is 0.315 e. The maximum absolute atomic E-state index is 12.4. The number of aryl methyl sites for hydroxylation is 2. The van der Waals surface area contributed by atoms with Crippen molar-refractivity contribution in [2.45, 2.75) is 52.2 Å². The summed E-state index contributed by atoms with van der Waals surface area (Å²) in [6.45, 7) is 14.0. The summed E-state index contributed by atoms with van der Waals surface area (Å²) in [5.41, 5.74) is 1.61. The van der Waals surface area contributed by atoms with E-state index in [1.807, 2.05) is 25.5 Å². The van der Waals surface area contributed by atoms with Crippen LogP contribution >= 0.6 is 0 Å². The highest BCUT2D eigenvalue weighted by atomic mass is 16.3. The average Bonchev–Trinajstić information content (AvgIpc) is 3.08. The Morgan fingerprint density at radius 3 is 3.00 bits per heavy atom. The van der Waals surface area contributed by atoms with Crippen molar-refractivity contribution in [1.29, 1.82) is 0 Å². The Morgan fingerprint density at radius 2 is 2.27 bits per heavy atom. The lowest BCUT2D eigenvalue weighted by atomic mass is 10.1. The van der Waals surface area contributed by atoms with Gasteiger partial charge in [-0.3, -0.25) is 0 Å². The minimum atomic E-state index is -0.268. The number of rotatable bonds is 4. The van der Waals surface area contributed by atoms with Crippen LogP contribution in [0.5, 0.6) is 0 Å². The fourth-order valence-electron chi connectivity index (χ4n) is 3.29. The maximum Gasteiger partial charge on any atom is 0.315 e. The van der Waals surface area contributed by atoms with E-state index in [1.165, 1.54) is 0 Å². The van der Waals surface area contributed by atoms with Crippen molar-refractivity contribution in [3.8, 4) is 0 Å². The highest BCUT2D eigenvalue weighted by Crippen LogP contribution is 2.15. The lowest BCUT2D eigenvalue weighted by Gasteiger charge is -2.24. The minimum absolute atomic E-state index is 0. The van der Waals surface area contributed by atoms with Crippen LogP contribution in [-0.4, -0.2) is 26.8 Å². The molecule has 1 aliphatic rings. The van der Waals surface area contributed by atoms with Crippen molar-refractivity contribution in [2.24, 2.45) is 0 Å². The summed E-state index contributed by atoms with van der Waals surface area (Å²) in [6.07, 6.45) is 5.08. The number of nitrogens with zero attached hydrogens (tertiary/aromatic N) is 3. The molecule has 0 saturated heterocycles. The van der Waals surface area contributed by atoms with Gasteiger partial charge in [-0.05, 0) is 38.8 Å². The molecule has 7 nitrogen and oxygen atoms in total. The van der Waals surface area contributed by atoms with Gasteiger partial charge in [0.05, 0.1) is 18.6 Å². The molecule has 1 unspecified atom stereocenters. The Bertz CT molecular complexity index is 950. The molecule has 2 amide bonds. The summed E-state index contributed by atoms with van der Waals surface area (Å²) in [5, 5.41) is 11.1. The van der Waals surface area contributed by atoms with Crippen LogP contribution in [0.15, 0.2) is 17.1 Å². The number of furan rings is 1. The molecule has 3 rings (SSSR count). The van der Waals surface area contributed by atoms with Gasteiger partial charge in [-0.2, -0.15) is 5.10 Å². The van der Waals surface area contributed by atoms with Crippen LogP contribution in [-0.2, 0) is 13.0 Å². The van der Waals surface area contributed by atoms with Gasteiger partial charge in [-0.1, -0.05) is 19.2 Å². The normalized spacial score (nSPS) is 18.3. The van der Waals surface area contributed by atoms with Crippen molar-refractivity contribution in [2.75, 3.05) is 0 Å². The number of amides is 2. The minimum Gasteiger partial charge on any atom is -0.459 e. The Kier molecular flexibility index (Phi) is 4.97. The molecular weight excluding hydrogens is 330 g/mol. The first kappa shape index (κ1) is 18.0. The molecule has 3 heterocycles. The molecule has 2 aromatic rings. The largest absolute Gasteiger partial charge is 0.459 e. The number of nitrogens with one attached hydrogen (secondary N) is 2. The van der Waals surface area contributed by atoms with Crippen molar-refractivity contribution in [1.82, 2.24) is 25.4 Å². The van der Waals surface area contributed by atoms with Crippen LogP contribution in [0.3, 0.4) is 0 Å². The zero-order valence-corrected chi connectivity index (χ0v) is 15.5. The van der Waals surface area contributed by atoms with Gasteiger partial charge in [0.1, 0.15) is 22.8 Å². The molecule has 0 aliphatic carbocycles. The van der Waals surface area contributed by atoms with Gasteiger partial charge in [0.15, 0.2) is 0 Å². The van der Waals surface area contributed by atoms with E-state index < -0.39 is 0 Å². The topological polar surface area (TPSA) is 85.0 Å². The van der Waals surface area contributed by atoms with Crippen LogP contribution in [0.4, 0.5) is 4.79 Å². The van der Waals surface area contributed by atoms with Gasteiger partial charge in [0, 0.05) is 14.5 Å². The molecule has 0 radical (unpaired) electrons. The van der Waals surface area contributed by atoms with E-state index in [2.05, 4.69) is 33.9 Å². The second kappa shape index (κ2) is 7.19. The molecule has 2 atom stereocenters. The van der Waals surface area contributed by atoms with Gasteiger partial charge < -0.3 is 15.1 Å². The van der Waals surface area contributed by atoms with Crippen LogP contribution < -0.4 is 21.3 Å². The third-order valence-electron chi connectivity index (χ3n) is 4.65. The van der Waals surface area contributed by atoms with Gasteiger partial charge in [0.25, 0.3) is 0 Å². The van der Waals surface area contributed by atoms with E-state index in [4.69, 9.17) is 4.42 Å². The summed E-state index contributed by atoms with van der Waals surface area (Å²) in [7, 11) is 0. The van der Waals surface area contributed by atoms with Gasteiger partial charge in [-0.15, -0.1) is 0 Å². The quantitative estimate of drug-likeness (QED) is 0.871. The monoisotopic (exact) mass is 359 g/mol. The lowest BCUT2D eigenvalue weighted by Crippen LogP contribution is -2.46. The molecule has 0 aromatic carbocycles. The number of carbonyl (C=O) groups excluding carboxylic acids is 1.